The third-order valence-corrected chi connectivity index (χ3v) is 3.44. The lowest BCUT2D eigenvalue weighted by Crippen LogP contribution is -2.06. The van der Waals surface area contributed by atoms with Crippen LogP contribution in [0.15, 0.2) is 28.9 Å². The predicted octanol–water partition coefficient (Wildman–Crippen LogP) is 2.59. The van der Waals surface area contributed by atoms with Crippen LogP contribution in [0, 0.1) is 6.92 Å². The number of rotatable bonds is 5. The van der Waals surface area contributed by atoms with Crippen LogP contribution >= 0.6 is 11.6 Å². The Labute approximate surface area is 126 Å². The first-order valence-corrected chi connectivity index (χ1v) is 6.97. The lowest BCUT2D eigenvalue weighted by atomic mass is 10.3. The quantitative estimate of drug-likeness (QED) is 0.709. The molecule has 110 valence electrons. The number of aryl methyl sites for hydroxylation is 1. The second kappa shape index (κ2) is 5.75. The molecule has 0 saturated carbocycles. The van der Waals surface area contributed by atoms with Gasteiger partial charge in [0.25, 0.3) is 0 Å². The highest BCUT2D eigenvalue weighted by molar-refractivity contribution is 6.28. The summed E-state index contributed by atoms with van der Waals surface area (Å²) in [7, 11) is 0. The second-order valence-corrected chi connectivity index (χ2v) is 5.01. The van der Waals surface area contributed by atoms with Crippen molar-refractivity contribution in [3.05, 3.63) is 41.2 Å². The first-order chi connectivity index (χ1) is 10.2. The van der Waals surface area contributed by atoms with E-state index >= 15 is 0 Å². The van der Waals surface area contributed by atoms with Crippen molar-refractivity contribution in [2.45, 2.75) is 20.0 Å². The zero-order valence-corrected chi connectivity index (χ0v) is 12.3. The first-order valence-electron chi connectivity index (χ1n) is 6.59. The van der Waals surface area contributed by atoms with Gasteiger partial charge in [0.05, 0.1) is 24.8 Å². The molecule has 0 saturated heterocycles. The van der Waals surface area contributed by atoms with Crippen LogP contribution in [-0.2, 0) is 13.1 Å². The van der Waals surface area contributed by atoms with Crippen LogP contribution in [0.5, 0.6) is 0 Å². The number of nitrogens with one attached hydrogen (secondary N) is 1. The Morgan fingerprint density at radius 3 is 3.00 bits per heavy atom. The maximum absolute atomic E-state index is 9.16. The third kappa shape index (κ3) is 2.72. The van der Waals surface area contributed by atoms with Crippen molar-refractivity contribution < 1.29 is 9.52 Å². The monoisotopic (exact) mass is 306 g/mol. The molecule has 6 nitrogen and oxygen atoms in total. The standard InChI is InChI=1S/C14H15ClN4O2/c1-9-7-11-12(16-8-10-3-2-6-21-10)17-14(15)18-13(11)19(9)4-5-20/h2-3,6-7,20H,4-5,8H2,1H3,(H,16,17,18). The van der Waals surface area contributed by atoms with Gasteiger partial charge < -0.3 is 19.4 Å². The molecular formula is C14H15ClN4O2. The van der Waals surface area contributed by atoms with Gasteiger partial charge in [0, 0.05) is 12.2 Å². The fourth-order valence-corrected chi connectivity index (χ4v) is 2.49. The Kier molecular flexibility index (Phi) is 3.81. The predicted molar refractivity (Wildman–Crippen MR) is 80.4 cm³/mol. The molecular weight excluding hydrogens is 292 g/mol. The lowest BCUT2D eigenvalue weighted by molar-refractivity contribution is 0.277. The van der Waals surface area contributed by atoms with Gasteiger partial charge in [-0.15, -0.1) is 0 Å². The molecule has 0 fully saturated rings. The van der Waals surface area contributed by atoms with Crippen LogP contribution in [0.3, 0.4) is 0 Å². The van der Waals surface area contributed by atoms with E-state index in [1.807, 2.05) is 29.7 Å². The number of nitrogens with zero attached hydrogens (tertiary/aromatic N) is 3. The second-order valence-electron chi connectivity index (χ2n) is 4.67. The van der Waals surface area contributed by atoms with E-state index in [0.717, 1.165) is 16.8 Å². The molecule has 0 aliphatic rings. The third-order valence-electron chi connectivity index (χ3n) is 3.27. The Bertz CT molecular complexity index is 752. The van der Waals surface area contributed by atoms with E-state index in [4.69, 9.17) is 21.1 Å². The fraction of sp³-hybridized carbons (Fsp3) is 0.286. The smallest absolute Gasteiger partial charge is 0.226 e. The minimum atomic E-state index is 0.0431. The summed E-state index contributed by atoms with van der Waals surface area (Å²) in [5, 5.41) is 13.4. The summed E-state index contributed by atoms with van der Waals surface area (Å²) >= 11 is 6.00. The van der Waals surface area contributed by atoms with Gasteiger partial charge in [0.15, 0.2) is 0 Å². The van der Waals surface area contributed by atoms with Crippen LogP contribution in [0.1, 0.15) is 11.5 Å². The number of furan rings is 1. The maximum Gasteiger partial charge on any atom is 0.226 e. The highest BCUT2D eigenvalue weighted by Gasteiger charge is 2.13. The summed E-state index contributed by atoms with van der Waals surface area (Å²) in [6, 6.07) is 5.70. The van der Waals surface area contributed by atoms with Gasteiger partial charge in [-0.1, -0.05) is 0 Å². The van der Waals surface area contributed by atoms with Crippen LogP contribution in [0.25, 0.3) is 11.0 Å². The maximum atomic E-state index is 9.16. The van der Waals surface area contributed by atoms with E-state index in [1.54, 1.807) is 6.26 Å². The van der Waals surface area contributed by atoms with E-state index in [0.29, 0.717) is 24.6 Å². The molecule has 0 aliphatic heterocycles. The van der Waals surface area contributed by atoms with Crippen molar-refractivity contribution in [3.8, 4) is 0 Å². The summed E-state index contributed by atoms with van der Waals surface area (Å²) < 4.78 is 7.21. The van der Waals surface area contributed by atoms with Gasteiger partial charge in [-0.3, -0.25) is 0 Å². The molecule has 3 rings (SSSR count). The van der Waals surface area contributed by atoms with Gasteiger partial charge in [0.1, 0.15) is 17.2 Å². The van der Waals surface area contributed by atoms with Crippen LogP contribution in [-0.4, -0.2) is 26.2 Å². The van der Waals surface area contributed by atoms with Crippen molar-refractivity contribution in [1.29, 1.82) is 0 Å². The molecule has 0 spiro atoms. The van der Waals surface area contributed by atoms with Crippen LogP contribution in [0.4, 0.5) is 5.82 Å². The number of hydrogen-bond donors (Lipinski definition) is 2. The van der Waals surface area contributed by atoms with Gasteiger partial charge in [-0.2, -0.15) is 4.98 Å². The van der Waals surface area contributed by atoms with Gasteiger partial charge in [-0.25, -0.2) is 4.98 Å². The Morgan fingerprint density at radius 2 is 2.29 bits per heavy atom. The van der Waals surface area contributed by atoms with E-state index in [2.05, 4.69) is 15.3 Å². The highest BCUT2D eigenvalue weighted by Crippen LogP contribution is 2.26. The zero-order valence-electron chi connectivity index (χ0n) is 11.5. The number of anilines is 1. The minimum absolute atomic E-state index is 0.0431. The van der Waals surface area contributed by atoms with E-state index in [-0.39, 0.29) is 11.9 Å². The molecule has 21 heavy (non-hydrogen) atoms. The van der Waals surface area contributed by atoms with E-state index in [9.17, 15) is 0 Å². The van der Waals surface area contributed by atoms with Gasteiger partial charge in [-0.05, 0) is 36.7 Å². The summed E-state index contributed by atoms with van der Waals surface area (Å²) in [4.78, 5) is 8.50. The van der Waals surface area contributed by atoms with Crippen LogP contribution in [0.2, 0.25) is 5.28 Å². The highest BCUT2D eigenvalue weighted by atomic mass is 35.5. The van der Waals surface area contributed by atoms with E-state index < -0.39 is 0 Å². The van der Waals surface area contributed by atoms with E-state index in [1.165, 1.54) is 0 Å². The number of fused-ring (bicyclic) bond motifs is 1. The normalized spacial score (nSPS) is 11.2. The number of aliphatic hydroxyl groups is 1. The van der Waals surface area contributed by atoms with Crippen molar-refractivity contribution in [1.82, 2.24) is 14.5 Å². The molecule has 2 N–H and O–H groups in total. The molecule has 3 aromatic heterocycles. The Morgan fingerprint density at radius 1 is 1.43 bits per heavy atom. The Hall–Kier alpha value is -2.05. The molecule has 0 aliphatic carbocycles. The summed E-state index contributed by atoms with van der Waals surface area (Å²) in [5.74, 6) is 1.46. The average Bonchev–Trinajstić information content (AvgIpc) is 3.07. The van der Waals surface area contributed by atoms with Crippen LogP contribution < -0.4 is 5.32 Å². The zero-order chi connectivity index (χ0) is 14.8. The van der Waals surface area contributed by atoms with Crippen molar-refractivity contribution in [2.75, 3.05) is 11.9 Å². The minimum Gasteiger partial charge on any atom is -0.467 e. The van der Waals surface area contributed by atoms with Crippen molar-refractivity contribution in [3.63, 3.8) is 0 Å². The number of hydrogen-bond acceptors (Lipinski definition) is 5. The largest absolute Gasteiger partial charge is 0.467 e. The molecule has 0 amide bonds. The van der Waals surface area contributed by atoms with Crippen molar-refractivity contribution in [2.24, 2.45) is 0 Å². The molecule has 7 heteroatoms. The summed E-state index contributed by atoms with van der Waals surface area (Å²) in [5.41, 5.74) is 1.71. The first kappa shape index (κ1) is 13.9. The Balaban J connectivity index is 1.99. The molecule has 3 heterocycles. The fourth-order valence-electron chi connectivity index (χ4n) is 2.32. The number of aromatic nitrogens is 3. The summed E-state index contributed by atoms with van der Waals surface area (Å²) in [6.45, 7) is 2.99. The SMILES string of the molecule is Cc1cc2c(NCc3ccco3)nc(Cl)nc2n1CCO. The number of aliphatic hydroxyl groups excluding tert-OH is 1. The van der Waals surface area contributed by atoms with Gasteiger partial charge in [0.2, 0.25) is 5.28 Å². The molecule has 0 unspecified atom stereocenters. The average molecular weight is 307 g/mol. The molecule has 0 aromatic carbocycles. The number of halogens is 1. The molecule has 0 bridgehead atoms. The topological polar surface area (TPSA) is 76.1 Å². The summed E-state index contributed by atoms with van der Waals surface area (Å²) in [6.07, 6.45) is 1.63. The molecule has 0 atom stereocenters. The molecule has 0 radical (unpaired) electrons. The van der Waals surface area contributed by atoms with Crippen molar-refractivity contribution >= 4 is 28.5 Å². The van der Waals surface area contributed by atoms with Gasteiger partial charge >= 0.3 is 0 Å². The molecule has 3 aromatic rings. The lowest BCUT2D eigenvalue weighted by Gasteiger charge is -2.07.